The van der Waals surface area contributed by atoms with E-state index in [0.717, 1.165) is 35.3 Å². The highest BCUT2D eigenvalue weighted by atomic mass is 16.3. The second kappa shape index (κ2) is 4.72. The molecule has 0 fully saturated rings. The number of pyridine rings is 1. The van der Waals surface area contributed by atoms with Crippen LogP contribution in [0.4, 0.5) is 0 Å². The highest BCUT2D eigenvalue weighted by Gasteiger charge is 2.09. The molecule has 1 N–H and O–H groups in total. The van der Waals surface area contributed by atoms with Crippen molar-refractivity contribution in [1.29, 1.82) is 0 Å². The number of aromatic hydroxyl groups is 1. The molecule has 0 amide bonds. The summed E-state index contributed by atoms with van der Waals surface area (Å²) in [7, 11) is 0. The third-order valence-corrected chi connectivity index (χ3v) is 3.15. The molecule has 4 nitrogen and oxygen atoms in total. The number of rotatable bonds is 3. The van der Waals surface area contributed by atoms with Gasteiger partial charge >= 0.3 is 0 Å². The zero-order chi connectivity index (χ0) is 13.2. The largest absolute Gasteiger partial charge is 0.508 e. The number of hydrogen-bond donors (Lipinski definition) is 1. The first-order chi connectivity index (χ1) is 9.29. The lowest BCUT2D eigenvalue weighted by atomic mass is 10.1. The quantitative estimate of drug-likeness (QED) is 0.780. The molecule has 0 aliphatic heterocycles. The van der Waals surface area contributed by atoms with Crippen LogP contribution in [0.5, 0.6) is 5.75 Å². The molecular weight excluding hydrogens is 238 g/mol. The van der Waals surface area contributed by atoms with Crippen molar-refractivity contribution in [2.24, 2.45) is 0 Å². The van der Waals surface area contributed by atoms with Crippen LogP contribution in [0.25, 0.3) is 16.6 Å². The van der Waals surface area contributed by atoms with Crippen LogP contribution >= 0.6 is 0 Å². The van der Waals surface area contributed by atoms with Crippen LogP contribution in [-0.4, -0.2) is 19.6 Å². The summed E-state index contributed by atoms with van der Waals surface area (Å²) >= 11 is 0. The van der Waals surface area contributed by atoms with Crippen LogP contribution in [0, 0.1) is 0 Å². The maximum atomic E-state index is 9.67. The molecule has 0 saturated heterocycles. The second-order valence-electron chi connectivity index (χ2n) is 4.50. The Kier molecular flexibility index (Phi) is 2.91. The van der Waals surface area contributed by atoms with E-state index in [4.69, 9.17) is 0 Å². The Morgan fingerprint density at radius 3 is 2.89 bits per heavy atom. The average molecular weight is 253 g/mol. The lowest BCUT2D eigenvalue weighted by Crippen LogP contribution is -2.03. The molecule has 0 aliphatic carbocycles. The predicted molar refractivity (Wildman–Crippen MR) is 74.5 cm³/mol. The van der Waals surface area contributed by atoms with Gasteiger partial charge in [0.2, 0.25) is 0 Å². The topological polar surface area (TPSA) is 50.9 Å². The molecule has 3 rings (SSSR count). The predicted octanol–water partition coefficient (Wildman–Crippen LogP) is 3.08. The molecule has 2 aromatic heterocycles. The van der Waals surface area contributed by atoms with Crippen molar-refractivity contribution < 1.29 is 5.11 Å². The molecule has 0 unspecified atom stereocenters. The van der Waals surface area contributed by atoms with E-state index in [9.17, 15) is 5.11 Å². The van der Waals surface area contributed by atoms with Gasteiger partial charge in [-0.3, -0.25) is 4.57 Å². The number of nitrogens with zero attached hydrogens (tertiary/aromatic N) is 3. The molecule has 19 heavy (non-hydrogen) atoms. The highest BCUT2D eigenvalue weighted by molar-refractivity contribution is 5.89. The summed E-state index contributed by atoms with van der Waals surface area (Å²) in [6.45, 7) is 2.13. The molecule has 0 spiro atoms. The minimum atomic E-state index is 0.249. The van der Waals surface area contributed by atoms with Crippen molar-refractivity contribution in [3.63, 3.8) is 0 Å². The van der Waals surface area contributed by atoms with Crippen LogP contribution in [0.1, 0.15) is 19.2 Å². The first kappa shape index (κ1) is 11.7. The molecule has 2 heterocycles. The van der Waals surface area contributed by atoms with Gasteiger partial charge in [-0.2, -0.15) is 0 Å². The Labute approximate surface area is 111 Å². The smallest absolute Gasteiger partial charge is 0.146 e. The molecule has 0 saturated carbocycles. The standard InChI is InChI=1S/C15H15N3O/c1-2-3-14-16-8-9-18(14)15-13-10-12(19)5-4-11(13)6-7-17-15/h4-10,19H,2-3H2,1H3. The number of benzene rings is 1. The molecular formula is C15H15N3O. The maximum Gasteiger partial charge on any atom is 0.146 e. The van der Waals surface area contributed by atoms with Crippen molar-refractivity contribution >= 4 is 10.8 Å². The molecule has 4 heteroatoms. The van der Waals surface area contributed by atoms with E-state index >= 15 is 0 Å². The Bertz CT molecular complexity index is 718. The molecule has 0 bridgehead atoms. The number of phenolic OH excluding ortho intramolecular Hbond substituents is 1. The van der Waals surface area contributed by atoms with Crippen molar-refractivity contribution in [2.45, 2.75) is 19.8 Å². The van der Waals surface area contributed by atoms with Crippen molar-refractivity contribution in [1.82, 2.24) is 14.5 Å². The Hall–Kier alpha value is -2.36. The van der Waals surface area contributed by atoms with E-state index < -0.39 is 0 Å². The summed E-state index contributed by atoms with van der Waals surface area (Å²) in [6, 6.07) is 7.27. The van der Waals surface area contributed by atoms with Gasteiger partial charge in [-0.1, -0.05) is 13.0 Å². The minimum absolute atomic E-state index is 0.249. The van der Waals surface area contributed by atoms with Crippen molar-refractivity contribution in [2.75, 3.05) is 0 Å². The summed E-state index contributed by atoms with van der Waals surface area (Å²) in [5, 5.41) is 11.7. The van der Waals surface area contributed by atoms with Crippen LogP contribution in [0.15, 0.2) is 42.9 Å². The summed E-state index contributed by atoms with van der Waals surface area (Å²) in [6.07, 6.45) is 7.42. The molecule has 96 valence electrons. The normalized spacial score (nSPS) is 11.0. The van der Waals surface area contributed by atoms with Gasteiger partial charge in [0.25, 0.3) is 0 Å². The highest BCUT2D eigenvalue weighted by Crippen LogP contribution is 2.25. The van der Waals surface area contributed by atoms with Gasteiger partial charge < -0.3 is 5.11 Å². The molecule has 0 aliphatic rings. The minimum Gasteiger partial charge on any atom is -0.508 e. The van der Waals surface area contributed by atoms with Crippen molar-refractivity contribution in [3.8, 4) is 11.6 Å². The van der Waals surface area contributed by atoms with E-state index in [0.29, 0.717) is 0 Å². The van der Waals surface area contributed by atoms with Crippen LogP contribution in [0.2, 0.25) is 0 Å². The summed E-state index contributed by atoms with van der Waals surface area (Å²) < 4.78 is 1.99. The number of fused-ring (bicyclic) bond motifs is 1. The first-order valence-corrected chi connectivity index (χ1v) is 6.40. The third kappa shape index (κ3) is 2.05. The zero-order valence-corrected chi connectivity index (χ0v) is 10.7. The maximum absolute atomic E-state index is 9.67. The van der Waals surface area contributed by atoms with E-state index in [-0.39, 0.29) is 5.75 Å². The fourth-order valence-corrected chi connectivity index (χ4v) is 2.27. The van der Waals surface area contributed by atoms with Gasteiger partial charge in [-0.15, -0.1) is 0 Å². The summed E-state index contributed by atoms with van der Waals surface area (Å²) in [5.74, 6) is 2.05. The van der Waals surface area contributed by atoms with Gasteiger partial charge in [0.1, 0.15) is 17.4 Å². The van der Waals surface area contributed by atoms with Gasteiger partial charge in [-0.05, 0) is 30.0 Å². The molecule has 3 aromatic rings. The first-order valence-electron chi connectivity index (χ1n) is 6.40. The van der Waals surface area contributed by atoms with Crippen LogP contribution in [-0.2, 0) is 6.42 Å². The number of phenols is 1. The van der Waals surface area contributed by atoms with Crippen LogP contribution in [0.3, 0.4) is 0 Å². The number of aromatic nitrogens is 3. The fraction of sp³-hybridized carbons (Fsp3) is 0.200. The molecule has 1 aromatic carbocycles. The van der Waals surface area contributed by atoms with Gasteiger partial charge in [-0.25, -0.2) is 9.97 Å². The number of hydrogen-bond acceptors (Lipinski definition) is 3. The van der Waals surface area contributed by atoms with Crippen LogP contribution < -0.4 is 0 Å². The average Bonchev–Trinajstić information content (AvgIpc) is 2.86. The van der Waals surface area contributed by atoms with Gasteiger partial charge in [0.15, 0.2) is 0 Å². The van der Waals surface area contributed by atoms with E-state index in [1.807, 2.05) is 22.9 Å². The lowest BCUT2D eigenvalue weighted by molar-refractivity contribution is 0.476. The van der Waals surface area contributed by atoms with Crippen molar-refractivity contribution in [3.05, 3.63) is 48.7 Å². The monoisotopic (exact) mass is 253 g/mol. The molecule has 0 atom stereocenters. The van der Waals surface area contributed by atoms with Gasteiger partial charge in [0.05, 0.1) is 0 Å². The lowest BCUT2D eigenvalue weighted by Gasteiger charge is -2.09. The Morgan fingerprint density at radius 2 is 2.05 bits per heavy atom. The van der Waals surface area contributed by atoms with E-state index in [1.165, 1.54) is 0 Å². The van der Waals surface area contributed by atoms with E-state index in [1.54, 1.807) is 24.5 Å². The fourth-order valence-electron chi connectivity index (χ4n) is 2.27. The Balaban J connectivity index is 2.24. The summed E-state index contributed by atoms with van der Waals surface area (Å²) in [4.78, 5) is 8.82. The van der Waals surface area contributed by atoms with Gasteiger partial charge in [0, 0.05) is 30.4 Å². The SMILES string of the molecule is CCCc1nccn1-c1nccc2ccc(O)cc12. The Morgan fingerprint density at radius 1 is 1.16 bits per heavy atom. The number of imidazole rings is 1. The summed E-state index contributed by atoms with van der Waals surface area (Å²) in [5.41, 5.74) is 0. The zero-order valence-electron chi connectivity index (χ0n) is 10.7. The van der Waals surface area contributed by atoms with E-state index in [2.05, 4.69) is 16.9 Å². The number of aryl methyl sites for hydroxylation is 1. The second-order valence-corrected chi connectivity index (χ2v) is 4.50. The molecule has 0 radical (unpaired) electrons. The third-order valence-electron chi connectivity index (χ3n) is 3.15.